The summed E-state index contributed by atoms with van der Waals surface area (Å²) in [4.78, 5) is 46.4. The maximum Gasteiger partial charge on any atom is 0.270 e. The van der Waals surface area contributed by atoms with Crippen LogP contribution in [-0.4, -0.2) is 21.4 Å². The molecule has 2 atom stereocenters. The lowest BCUT2D eigenvalue weighted by atomic mass is 9.65. The molecule has 124 valence electrons. The van der Waals surface area contributed by atoms with Gasteiger partial charge in [-0.1, -0.05) is 12.1 Å². The molecule has 0 saturated carbocycles. The monoisotopic (exact) mass is 338 g/mol. The minimum absolute atomic E-state index is 0.188. The topological polar surface area (TPSA) is 120 Å². The van der Waals surface area contributed by atoms with Crippen LogP contribution in [0.25, 0.3) is 0 Å². The van der Waals surface area contributed by atoms with Crippen molar-refractivity contribution in [3.05, 3.63) is 78.9 Å². The van der Waals surface area contributed by atoms with Gasteiger partial charge in [0.05, 0.1) is 9.85 Å². The van der Waals surface area contributed by atoms with Crippen LogP contribution in [0.1, 0.15) is 50.1 Å². The van der Waals surface area contributed by atoms with E-state index >= 15 is 0 Å². The van der Waals surface area contributed by atoms with E-state index in [1.165, 1.54) is 36.4 Å². The van der Waals surface area contributed by atoms with Gasteiger partial charge in [0.2, 0.25) is 0 Å². The maximum atomic E-state index is 12.8. The molecule has 2 aromatic carbocycles. The van der Waals surface area contributed by atoms with Gasteiger partial charge >= 0.3 is 0 Å². The Morgan fingerprint density at radius 2 is 1.16 bits per heavy atom. The van der Waals surface area contributed by atoms with Gasteiger partial charge < -0.3 is 0 Å². The van der Waals surface area contributed by atoms with Crippen LogP contribution in [0.3, 0.4) is 0 Å². The van der Waals surface area contributed by atoms with Gasteiger partial charge in [0.1, 0.15) is 0 Å². The molecule has 0 aromatic heterocycles. The third-order valence-corrected chi connectivity index (χ3v) is 4.88. The Balaban J connectivity index is 1.91. The first kappa shape index (κ1) is 15.1. The van der Waals surface area contributed by atoms with Gasteiger partial charge in [-0.25, -0.2) is 0 Å². The van der Waals surface area contributed by atoms with Crippen molar-refractivity contribution in [3.8, 4) is 0 Å². The number of carbonyl (C=O) groups is 2. The SMILES string of the molecule is O=C1c2cc([N+](=O)[O-])ccc2[C@H]2C[C@@H]1c1ccc([N+](=O)[O-])cc1C2=O. The minimum Gasteiger partial charge on any atom is -0.293 e. The van der Waals surface area contributed by atoms with Crippen LogP contribution in [0.2, 0.25) is 0 Å². The number of fused-ring (bicyclic) bond motifs is 6. The summed E-state index contributed by atoms with van der Waals surface area (Å²) < 4.78 is 0. The highest BCUT2D eigenvalue weighted by Gasteiger charge is 2.44. The number of ketones is 2. The van der Waals surface area contributed by atoms with Crippen molar-refractivity contribution >= 4 is 22.9 Å². The number of carbonyl (C=O) groups excluding carboxylic acids is 2. The van der Waals surface area contributed by atoms with E-state index in [9.17, 15) is 29.8 Å². The normalized spacial score (nSPS) is 20.6. The number of hydrogen-bond donors (Lipinski definition) is 0. The molecular formula is C17H10N2O6. The summed E-state index contributed by atoms with van der Waals surface area (Å²) in [6.45, 7) is 0. The largest absolute Gasteiger partial charge is 0.293 e. The van der Waals surface area contributed by atoms with E-state index in [-0.39, 0.29) is 40.5 Å². The van der Waals surface area contributed by atoms with Crippen molar-refractivity contribution in [1.29, 1.82) is 0 Å². The van der Waals surface area contributed by atoms with Crippen LogP contribution in [0.4, 0.5) is 11.4 Å². The van der Waals surface area contributed by atoms with E-state index in [1.54, 1.807) is 0 Å². The third-order valence-electron chi connectivity index (χ3n) is 4.88. The van der Waals surface area contributed by atoms with Gasteiger partial charge in [0.25, 0.3) is 11.4 Å². The average Bonchev–Trinajstić information content (AvgIpc) is 2.60. The maximum absolute atomic E-state index is 12.8. The minimum atomic E-state index is -0.618. The zero-order chi connectivity index (χ0) is 17.9. The molecule has 2 aromatic rings. The summed E-state index contributed by atoms with van der Waals surface area (Å²) in [5.41, 5.74) is 0.871. The molecule has 0 radical (unpaired) electrons. The van der Waals surface area contributed by atoms with Crippen molar-refractivity contribution in [3.63, 3.8) is 0 Å². The molecule has 0 fully saturated rings. The Morgan fingerprint density at radius 3 is 1.52 bits per heavy atom. The fourth-order valence-electron chi connectivity index (χ4n) is 3.71. The van der Waals surface area contributed by atoms with Crippen molar-refractivity contribution in [2.75, 3.05) is 0 Å². The predicted octanol–water partition coefficient (Wildman–Crippen LogP) is 3.15. The molecule has 2 aliphatic rings. The highest BCUT2D eigenvalue weighted by molar-refractivity contribution is 6.14. The van der Waals surface area contributed by atoms with E-state index in [4.69, 9.17) is 0 Å². The van der Waals surface area contributed by atoms with Crippen LogP contribution < -0.4 is 0 Å². The first-order valence-corrected chi connectivity index (χ1v) is 7.53. The summed E-state index contributed by atoms with van der Waals surface area (Å²) in [6.07, 6.45) is 0.285. The Kier molecular flexibility index (Phi) is 3.05. The Labute approximate surface area is 140 Å². The van der Waals surface area contributed by atoms with E-state index in [0.29, 0.717) is 11.1 Å². The predicted molar refractivity (Wildman–Crippen MR) is 85.0 cm³/mol. The summed E-state index contributed by atoms with van der Waals surface area (Å²) in [5, 5.41) is 21.9. The molecular weight excluding hydrogens is 328 g/mol. The van der Waals surface area contributed by atoms with Crippen LogP contribution in [-0.2, 0) is 0 Å². The molecule has 8 heteroatoms. The lowest BCUT2D eigenvalue weighted by molar-refractivity contribution is -0.385. The number of benzene rings is 2. The standard InChI is InChI=1S/C17H10N2O6/c20-16-12-5-8(18(22)23)1-3-10(12)14-7-15(16)11-4-2-9(19(24)25)6-13(11)17(14)21/h1-6,14-15H,7H2/t14-,15-/m1/s1. The number of rotatable bonds is 2. The fourth-order valence-corrected chi connectivity index (χ4v) is 3.71. The molecule has 25 heavy (non-hydrogen) atoms. The fraction of sp³-hybridized carbons (Fsp3) is 0.176. The number of hydrogen-bond acceptors (Lipinski definition) is 6. The van der Waals surface area contributed by atoms with Crippen molar-refractivity contribution in [2.45, 2.75) is 18.3 Å². The first-order chi connectivity index (χ1) is 11.9. The number of Topliss-reactive ketones (excluding diaryl/α,β-unsaturated/α-hetero) is 2. The Bertz CT molecular complexity index is 917. The van der Waals surface area contributed by atoms with Crippen LogP contribution >= 0.6 is 0 Å². The van der Waals surface area contributed by atoms with Crippen LogP contribution in [0.5, 0.6) is 0 Å². The van der Waals surface area contributed by atoms with Crippen LogP contribution in [0, 0.1) is 20.2 Å². The van der Waals surface area contributed by atoms with E-state index in [0.717, 1.165) is 0 Å². The Morgan fingerprint density at radius 1 is 0.760 bits per heavy atom. The van der Waals surface area contributed by atoms with Gasteiger partial charge in [-0.05, 0) is 17.5 Å². The van der Waals surface area contributed by atoms with Gasteiger partial charge in [-0.3, -0.25) is 29.8 Å². The lowest BCUT2D eigenvalue weighted by Gasteiger charge is -2.35. The second kappa shape index (κ2) is 5.04. The molecule has 4 rings (SSSR count). The molecule has 0 spiro atoms. The highest BCUT2D eigenvalue weighted by Crippen LogP contribution is 2.47. The quantitative estimate of drug-likeness (QED) is 0.612. The summed E-state index contributed by atoms with van der Waals surface area (Å²) in [5.74, 6) is -1.82. The molecule has 0 N–H and O–H groups in total. The smallest absolute Gasteiger partial charge is 0.270 e. The third kappa shape index (κ3) is 2.07. The first-order valence-electron chi connectivity index (χ1n) is 7.53. The Hall–Kier alpha value is -3.42. The molecule has 8 nitrogen and oxygen atoms in total. The second-order valence-electron chi connectivity index (χ2n) is 6.13. The molecule has 2 aliphatic carbocycles. The average molecular weight is 338 g/mol. The second-order valence-corrected chi connectivity index (χ2v) is 6.13. The number of non-ortho nitro benzene ring substituents is 2. The van der Waals surface area contributed by atoms with Gasteiger partial charge in [-0.2, -0.15) is 0 Å². The van der Waals surface area contributed by atoms with Crippen molar-refractivity contribution < 1.29 is 19.4 Å². The van der Waals surface area contributed by atoms with Crippen LogP contribution in [0.15, 0.2) is 36.4 Å². The summed E-state index contributed by atoms with van der Waals surface area (Å²) in [6, 6.07) is 7.82. The molecule has 0 unspecified atom stereocenters. The summed E-state index contributed by atoms with van der Waals surface area (Å²) >= 11 is 0. The number of nitro benzene ring substituents is 2. The van der Waals surface area contributed by atoms with Gasteiger partial charge in [-0.15, -0.1) is 0 Å². The lowest BCUT2D eigenvalue weighted by Crippen LogP contribution is -2.34. The van der Waals surface area contributed by atoms with E-state index < -0.39 is 21.7 Å². The molecule has 0 heterocycles. The molecule has 0 aliphatic heterocycles. The zero-order valence-electron chi connectivity index (χ0n) is 12.7. The molecule has 2 bridgehead atoms. The highest BCUT2D eigenvalue weighted by atomic mass is 16.6. The number of nitrogens with zero attached hydrogens (tertiary/aromatic N) is 2. The van der Waals surface area contributed by atoms with Crippen molar-refractivity contribution in [2.24, 2.45) is 0 Å². The number of nitro groups is 2. The van der Waals surface area contributed by atoms with Gasteiger partial charge in [0, 0.05) is 47.2 Å². The van der Waals surface area contributed by atoms with E-state index in [2.05, 4.69) is 0 Å². The van der Waals surface area contributed by atoms with Crippen molar-refractivity contribution in [1.82, 2.24) is 0 Å². The molecule has 0 saturated heterocycles. The molecule has 0 amide bonds. The van der Waals surface area contributed by atoms with E-state index in [1.807, 2.05) is 0 Å². The zero-order valence-corrected chi connectivity index (χ0v) is 12.7. The summed E-state index contributed by atoms with van der Waals surface area (Å²) in [7, 11) is 0. The van der Waals surface area contributed by atoms with Gasteiger partial charge in [0.15, 0.2) is 11.6 Å².